The maximum Gasteiger partial charge on any atom is 0.220 e. The van der Waals surface area contributed by atoms with Crippen LogP contribution >= 0.6 is 12.6 Å². The molecule has 1 aliphatic carbocycles. The molecule has 0 spiro atoms. The predicted molar refractivity (Wildman–Crippen MR) is 71.7 cm³/mol. The van der Waals surface area contributed by atoms with E-state index in [1.54, 1.807) is 0 Å². The number of allylic oxidation sites excluding steroid dienone is 1. The lowest BCUT2D eigenvalue weighted by Gasteiger charge is -2.28. The molecule has 1 rings (SSSR count). The molecule has 0 saturated heterocycles. The van der Waals surface area contributed by atoms with Gasteiger partial charge in [-0.05, 0) is 37.5 Å². The summed E-state index contributed by atoms with van der Waals surface area (Å²) in [6, 6.07) is 0. The van der Waals surface area contributed by atoms with Crippen molar-refractivity contribution >= 4 is 18.5 Å². The molecule has 0 bridgehead atoms. The summed E-state index contributed by atoms with van der Waals surface area (Å²) in [7, 11) is 0. The van der Waals surface area contributed by atoms with Crippen molar-refractivity contribution in [1.29, 1.82) is 0 Å². The molecule has 0 aliphatic heterocycles. The summed E-state index contributed by atoms with van der Waals surface area (Å²) in [5.41, 5.74) is 1.36. The normalized spacial score (nSPS) is 25.5. The van der Waals surface area contributed by atoms with Gasteiger partial charge in [-0.1, -0.05) is 19.1 Å². The Morgan fingerprint density at radius 2 is 2.31 bits per heavy atom. The highest BCUT2D eigenvalue weighted by Crippen LogP contribution is 2.34. The molecule has 0 aromatic carbocycles. The van der Waals surface area contributed by atoms with Crippen molar-refractivity contribution < 1.29 is 4.79 Å². The summed E-state index contributed by atoms with van der Waals surface area (Å²) >= 11 is 4.06. The molecule has 0 aromatic rings. The van der Waals surface area contributed by atoms with Crippen LogP contribution in [0.2, 0.25) is 0 Å². The zero-order valence-corrected chi connectivity index (χ0v) is 11.1. The van der Waals surface area contributed by atoms with Gasteiger partial charge in [0, 0.05) is 18.7 Å². The van der Waals surface area contributed by atoms with E-state index in [2.05, 4.69) is 31.4 Å². The van der Waals surface area contributed by atoms with E-state index in [-0.39, 0.29) is 5.91 Å². The van der Waals surface area contributed by atoms with E-state index in [0.29, 0.717) is 24.6 Å². The van der Waals surface area contributed by atoms with E-state index in [1.807, 2.05) is 0 Å². The van der Waals surface area contributed by atoms with Gasteiger partial charge in [0.1, 0.15) is 0 Å². The summed E-state index contributed by atoms with van der Waals surface area (Å²) < 4.78 is 0. The van der Waals surface area contributed by atoms with Gasteiger partial charge in [-0.15, -0.1) is 0 Å². The Kier molecular flexibility index (Phi) is 5.96. The highest BCUT2D eigenvalue weighted by molar-refractivity contribution is 7.80. The van der Waals surface area contributed by atoms with Crippen LogP contribution < -0.4 is 5.32 Å². The van der Waals surface area contributed by atoms with E-state index in [9.17, 15) is 4.79 Å². The van der Waals surface area contributed by atoms with Gasteiger partial charge in [0.05, 0.1) is 0 Å². The van der Waals surface area contributed by atoms with Crippen molar-refractivity contribution in [3.05, 3.63) is 12.2 Å². The Balaban J connectivity index is 2.21. The molecule has 0 radical (unpaired) electrons. The minimum Gasteiger partial charge on any atom is -0.355 e. The second-order valence-corrected chi connectivity index (χ2v) is 5.42. The average Bonchev–Trinajstić information content (AvgIpc) is 2.22. The first-order valence-electron chi connectivity index (χ1n) is 6.16. The van der Waals surface area contributed by atoms with Crippen molar-refractivity contribution in [2.45, 2.75) is 39.0 Å². The molecule has 92 valence electrons. The van der Waals surface area contributed by atoms with Crippen molar-refractivity contribution in [3.63, 3.8) is 0 Å². The summed E-state index contributed by atoms with van der Waals surface area (Å²) in [6.45, 7) is 7.03. The van der Waals surface area contributed by atoms with E-state index in [4.69, 9.17) is 0 Å². The lowest BCUT2D eigenvalue weighted by atomic mass is 9.78. The second kappa shape index (κ2) is 7.00. The summed E-state index contributed by atoms with van der Waals surface area (Å²) in [6.07, 6.45) is 5.19. The number of carbonyl (C=O) groups is 1. The summed E-state index contributed by atoms with van der Waals surface area (Å²) in [5, 5.41) is 2.86. The fraction of sp³-hybridized carbons (Fsp3) is 0.769. The fourth-order valence-electron chi connectivity index (χ4n) is 2.56. The molecular weight excluding hydrogens is 218 g/mol. The monoisotopic (exact) mass is 241 g/mol. The number of hydrogen-bond acceptors (Lipinski definition) is 2. The van der Waals surface area contributed by atoms with Gasteiger partial charge < -0.3 is 5.32 Å². The third-order valence-electron chi connectivity index (χ3n) is 3.16. The maximum atomic E-state index is 11.4. The van der Waals surface area contributed by atoms with Gasteiger partial charge in [-0.2, -0.15) is 12.6 Å². The number of amides is 1. The third kappa shape index (κ3) is 5.06. The van der Waals surface area contributed by atoms with Crippen molar-refractivity contribution in [2.24, 2.45) is 11.8 Å². The minimum atomic E-state index is 0.165. The van der Waals surface area contributed by atoms with Gasteiger partial charge in [-0.25, -0.2) is 0 Å². The SMILES string of the molecule is C=C1CC(C)CC(CCC(=O)NCCS)C1. The van der Waals surface area contributed by atoms with Gasteiger partial charge >= 0.3 is 0 Å². The summed E-state index contributed by atoms with van der Waals surface area (Å²) in [4.78, 5) is 11.4. The zero-order chi connectivity index (χ0) is 12.0. The molecule has 2 atom stereocenters. The van der Waals surface area contributed by atoms with Gasteiger partial charge in [0.2, 0.25) is 5.91 Å². The van der Waals surface area contributed by atoms with Crippen LogP contribution in [0.5, 0.6) is 0 Å². The minimum absolute atomic E-state index is 0.165. The first kappa shape index (κ1) is 13.6. The average molecular weight is 241 g/mol. The molecule has 1 amide bonds. The Labute approximate surface area is 104 Å². The van der Waals surface area contributed by atoms with Crippen LogP contribution in [-0.4, -0.2) is 18.2 Å². The lowest BCUT2D eigenvalue weighted by Crippen LogP contribution is -2.26. The van der Waals surface area contributed by atoms with Crippen LogP contribution in [0.4, 0.5) is 0 Å². The molecule has 0 heterocycles. The van der Waals surface area contributed by atoms with Crippen LogP contribution in [0.1, 0.15) is 39.0 Å². The van der Waals surface area contributed by atoms with Crippen LogP contribution in [0.3, 0.4) is 0 Å². The summed E-state index contributed by atoms with van der Waals surface area (Å²) in [5.74, 6) is 2.28. The maximum absolute atomic E-state index is 11.4. The number of hydrogen-bond donors (Lipinski definition) is 2. The van der Waals surface area contributed by atoms with Crippen molar-refractivity contribution in [3.8, 4) is 0 Å². The molecule has 1 aliphatic rings. The van der Waals surface area contributed by atoms with E-state index in [1.165, 1.54) is 18.4 Å². The zero-order valence-electron chi connectivity index (χ0n) is 10.2. The molecule has 1 saturated carbocycles. The molecule has 2 unspecified atom stereocenters. The molecule has 0 aromatic heterocycles. The Hall–Kier alpha value is -0.440. The number of rotatable bonds is 5. The fourth-order valence-corrected chi connectivity index (χ4v) is 2.67. The molecule has 1 fully saturated rings. The first-order valence-corrected chi connectivity index (χ1v) is 6.79. The Bertz CT molecular complexity index is 252. The second-order valence-electron chi connectivity index (χ2n) is 4.98. The highest BCUT2D eigenvalue weighted by Gasteiger charge is 2.21. The van der Waals surface area contributed by atoms with Gasteiger partial charge in [-0.3, -0.25) is 4.79 Å². The van der Waals surface area contributed by atoms with Crippen LogP contribution in [0.15, 0.2) is 12.2 Å². The largest absolute Gasteiger partial charge is 0.355 e. The number of carbonyl (C=O) groups excluding carboxylic acids is 1. The first-order chi connectivity index (χ1) is 7.61. The van der Waals surface area contributed by atoms with E-state index < -0.39 is 0 Å². The van der Waals surface area contributed by atoms with Crippen LogP contribution in [-0.2, 0) is 4.79 Å². The quantitative estimate of drug-likeness (QED) is 0.562. The lowest BCUT2D eigenvalue weighted by molar-refractivity contribution is -0.121. The smallest absolute Gasteiger partial charge is 0.220 e. The van der Waals surface area contributed by atoms with E-state index in [0.717, 1.165) is 18.8 Å². The van der Waals surface area contributed by atoms with Crippen molar-refractivity contribution in [1.82, 2.24) is 5.32 Å². The molecule has 3 heteroatoms. The van der Waals surface area contributed by atoms with Crippen LogP contribution in [0, 0.1) is 11.8 Å². The topological polar surface area (TPSA) is 29.1 Å². The third-order valence-corrected chi connectivity index (χ3v) is 3.39. The molecule has 1 N–H and O–H groups in total. The van der Waals surface area contributed by atoms with Gasteiger partial charge in [0.25, 0.3) is 0 Å². The standard InChI is InChI=1S/C13H23NOS/c1-10-7-11(2)9-12(8-10)3-4-13(15)14-5-6-16/h11-12,16H,1,3-9H2,2H3,(H,14,15). The molecular formula is C13H23NOS. The predicted octanol–water partition coefficient (Wildman–Crippen LogP) is 2.81. The number of nitrogens with one attached hydrogen (secondary N) is 1. The Morgan fingerprint density at radius 1 is 1.56 bits per heavy atom. The molecule has 16 heavy (non-hydrogen) atoms. The number of thiol groups is 1. The van der Waals surface area contributed by atoms with Gasteiger partial charge in [0.15, 0.2) is 0 Å². The highest BCUT2D eigenvalue weighted by atomic mass is 32.1. The van der Waals surface area contributed by atoms with E-state index >= 15 is 0 Å². The van der Waals surface area contributed by atoms with Crippen molar-refractivity contribution in [2.75, 3.05) is 12.3 Å². The molecule has 2 nitrogen and oxygen atoms in total. The van der Waals surface area contributed by atoms with Crippen LogP contribution in [0.25, 0.3) is 0 Å². The Morgan fingerprint density at radius 3 is 2.94 bits per heavy atom.